The van der Waals surface area contributed by atoms with E-state index in [1.807, 2.05) is 80.7 Å². The third kappa shape index (κ3) is 11.4. The van der Waals surface area contributed by atoms with Gasteiger partial charge in [0.25, 0.3) is 6.02 Å². The zero-order valence-electron chi connectivity index (χ0n) is 28.2. The number of ether oxygens (including phenoxy) is 2. The lowest BCUT2D eigenvalue weighted by molar-refractivity contribution is 0.306. The van der Waals surface area contributed by atoms with Gasteiger partial charge in [-0.05, 0) is 81.4 Å². The maximum Gasteiger partial charge on any atom is 0.289 e. The summed E-state index contributed by atoms with van der Waals surface area (Å²) in [7, 11) is 0. The molecular weight excluding hydrogens is 744 g/mol. The van der Waals surface area contributed by atoms with Gasteiger partial charge in [0.15, 0.2) is 22.2 Å². The van der Waals surface area contributed by atoms with Crippen LogP contribution in [0.15, 0.2) is 118 Å². The average molecular weight is 779 g/mol. The van der Waals surface area contributed by atoms with Crippen molar-refractivity contribution in [3.05, 3.63) is 124 Å². The van der Waals surface area contributed by atoms with Crippen molar-refractivity contribution in [1.82, 2.24) is 15.0 Å². The summed E-state index contributed by atoms with van der Waals surface area (Å²) in [5.74, 6) is 1.26. The number of amidine groups is 1. The van der Waals surface area contributed by atoms with Gasteiger partial charge in [-0.1, -0.05) is 47.0 Å². The second kappa shape index (κ2) is 18.6. The number of rotatable bonds is 8. The topological polar surface area (TPSA) is 168 Å². The van der Waals surface area contributed by atoms with E-state index in [2.05, 4.69) is 30.6 Å². The number of halogens is 1. The SMILES string of the molecule is CC1COC(Nc2ccc3ncnc(Nc4ccc(OCc5nccs5)c(Cl)c4)c3c2)=N1.Cc1ccc(S(=O)O)cc1.Cc1ccc(S(=O)O)cc1. The zero-order chi connectivity index (χ0) is 37.0. The van der Waals surface area contributed by atoms with Gasteiger partial charge in [0.1, 0.15) is 36.1 Å². The molecule has 4 aromatic carbocycles. The largest absolute Gasteiger partial charge is 0.485 e. The molecule has 1 aliphatic rings. The molecule has 0 bridgehead atoms. The molecule has 7 rings (SSSR count). The Morgan fingerprint density at radius 1 is 0.865 bits per heavy atom. The summed E-state index contributed by atoms with van der Waals surface area (Å²) in [6.07, 6.45) is 3.27. The number of anilines is 3. The predicted molar refractivity (Wildman–Crippen MR) is 208 cm³/mol. The lowest BCUT2D eigenvalue weighted by atomic mass is 10.2. The summed E-state index contributed by atoms with van der Waals surface area (Å²) in [5, 5.41) is 10.7. The van der Waals surface area contributed by atoms with Crippen molar-refractivity contribution >= 4 is 79.2 Å². The molecule has 52 heavy (non-hydrogen) atoms. The van der Waals surface area contributed by atoms with Gasteiger partial charge in [-0.15, -0.1) is 11.3 Å². The minimum Gasteiger partial charge on any atom is -0.485 e. The van der Waals surface area contributed by atoms with Crippen LogP contribution < -0.4 is 15.4 Å². The Labute approximate surface area is 314 Å². The standard InChI is InChI=1S/C22H19ClN6O2S.2C7H8O2S/c1-13-10-31-22(27-13)29-14-2-4-18-16(8-14)21(26-12-25-18)28-15-3-5-19(17(23)9-15)30-11-20-24-6-7-32-20;2*1-6-2-4-7(5-3-6)10(8)9/h2-9,12-13H,10-11H2,1H3,(H,27,29)(H,25,26,28);2*2-5H,1H3,(H,8,9). The summed E-state index contributed by atoms with van der Waals surface area (Å²) in [6, 6.07) is 25.8. The quantitative estimate of drug-likeness (QED) is 0.110. The Bertz CT molecular complexity index is 2120. The molecule has 0 saturated heterocycles. The fourth-order valence-corrected chi connectivity index (χ4v) is 6.01. The maximum absolute atomic E-state index is 10.4. The van der Waals surface area contributed by atoms with E-state index in [0.717, 1.165) is 38.4 Å². The highest BCUT2D eigenvalue weighted by molar-refractivity contribution is 7.79. The number of benzene rings is 4. The van der Waals surface area contributed by atoms with E-state index in [-0.39, 0.29) is 6.04 Å². The molecule has 6 aromatic rings. The number of fused-ring (bicyclic) bond motifs is 1. The Hall–Kier alpha value is -4.77. The highest BCUT2D eigenvalue weighted by atomic mass is 35.5. The van der Waals surface area contributed by atoms with Crippen molar-refractivity contribution in [2.24, 2.45) is 4.99 Å². The Morgan fingerprint density at radius 2 is 1.50 bits per heavy atom. The summed E-state index contributed by atoms with van der Waals surface area (Å²) in [6.45, 7) is 6.83. The fraction of sp³-hybridized carbons (Fsp3) is 0.167. The molecular formula is C36H35ClN6O6S3. The van der Waals surface area contributed by atoms with E-state index in [1.165, 1.54) is 17.7 Å². The molecule has 1 aliphatic heterocycles. The van der Waals surface area contributed by atoms with Crippen molar-refractivity contribution in [3.63, 3.8) is 0 Å². The minimum absolute atomic E-state index is 0.150. The van der Waals surface area contributed by atoms with Crippen molar-refractivity contribution < 1.29 is 27.0 Å². The van der Waals surface area contributed by atoms with E-state index in [9.17, 15) is 8.42 Å². The summed E-state index contributed by atoms with van der Waals surface area (Å²) in [5.41, 5.74) is 4.62. The van der Waals surface area contributed by atoms with Crippen molar-refractivity contribution in [1.29, 1.82) is 0 Å². The van der Waals surface area contributed by atoms with Crippen molar-refractivity contribution in [2.75, 3.05) is 17.2 Å². The Morgan fingerprint density at radius 3 is 2.06 bits per heavy atom. The first kappa shape index (κ1) is 38.5. The number of aliphatic imine (C=N–C) groups is 1. The van der Waals surface area contributed by atoms with Crippen LogP contribution in [0.1, 0.15) is 23.1 Å². The Kier molecular flexibility index (Phi) is 13.8. The van der Waals surface area contributed by atoms with Gasteiger partial charge in [-0.25, -0.2) is 28.4 Å². The molecule has 0 radical (unpaired) electrons. The predicted octanol–water partition coefficient (Wildman–Crippen LogP) is 8.40. The van der Waals surface area contributed by atoms with Gasteiger partial charge in [0.05, 0.1) is 26.4 Å². The van der Waals surface area contributed by atoms with Gasteiger partial charge >= 0.3 is 0 Å². The van der Waals surface area contributed by atoms with Gasteiger partial charge < -0.3 is 29.2 Å². The molecule has 16 heteroatoms. The van der Waals surface area contributed by atoms with Gasteiger partial charge in [-0.2, -0.15) is 0 Å². The lowest BCUT2D eigenvalue weighted by Crippen LogP contribution is -2.11. The number of nitrogens with one attached hydrogen (secondary N) is 2. The van der Waals surface area contributed by atoms with Crippen molar-refractivity contribution in [2.45, 2.75) is 43.2 Å². The molecule has 0 amide bonds. The van der Waals surface area contributed by atoms with Crippen LogP contribution in [0.25, 0.3) is 10.9 Å². The molecule has 0 fully saturated rings. The molecule has 3 heterocycles. The molecule has 0 spiro atoms. The van der Waals surface area contributed by atoms with Crippen LogP contribution in [0, 0.1) is 13.8 Å². The first-order valence-electron chi connectivity index (χ1n) is 15.7. The lowest BCUT2D eigenvalue weighted by Gasteiger charge is -2.12. The van der Waals surface area contributed by atoms with Crippen LogP contribution >= 0.6 is 22.9 Å². The third-order valence-corrected chi connectivity index (χ3v) is 9.56. The second-order valence-electron chi connectivity index (χ2n) is 11.3. The second-order valence-corrected chi connectivity index (χ2v) is 14.6. The van der Waals surface area contributed by atoms with E-state index in [1.54, 1.807) is 36.5 Å². The monoisotopic (exact) mass is 778 g/mol. The molecule has 12 nitrogen and oxygen atoms in total. The molecule has 2 aromatic heterocycles. The molecule has 270 valence electrons. The van der Waals surface area contributed by atoms with Crippen LogP contribution in [-0.4, -0.2) is 51.1 Å². The first-order valence-corrected chi connectivity index (χ1v) is 19.2. The third-order valence-electron chi connectivity index (χ3n) is 7.16. The smallest absolute Gasteiger partial charge is 0.289 e. The Balaban J connectivity index is 0.000000212. The normalized spacial score (nSPS) is 14.4. The van der Waals surface area contributed by atoms with E-state index in [0.29, 0.717) is 45.6 Å². The molecule has 3 atom stereocenters. The summed E-state index contributed by atoms with van der Waals surface area (Å²) in [4.78, 5) is 18.3. The summed E-state index contributed by atoms with van der Waals surface area (Å²) >= 11 is 4.30. The zero-order valence-corrected chi connectivity index (χ0v) is 31.4. The van der Waals surface area contributed by atoms with E-state index in [4.69, 9.17) is 30.2 Å². The van der Waals surface area contributed by atoms with Gasteiger partial charge in [-0.3, -0.25) is 0 Å². The van der Waals surface area contributed by atoms with Gasteiger partial charge in [0, 0.05) is 28.3 Å². The van der Waals surface area contributed by atoms with Crippen molar-refractivity contribution in [3.8, 4) is 5.75 Å². The number of hydrogen-bond donors (Lipinski definition) is 4. The number of nitrogens with zero attached hydrogens (tertiary/aromatic N) is 4. The number of thiazole rings is 1. The molecule has 4 N–H and O–H groups in total. The van der Waals surface area contributed by atoms with Gasteiger partial charge in [0.2, 0.25) is 0 Å². The van der Waals surface area contributed by atoms with E-state index >= 15 is 0 Å². The van der Waals surface area contributed by atoms with Crippen LogP contribution in [-0.2, 0) is 33.5 Å². The number of aromatic nitrogens is 3. The fourth-order valence-electron chi connectivity index (χ4n) is 4.51. The highest BCUT2D eigenvalue weighted by Gasteiger charge is 2.15. The first-order chi connectivity index (χ1) is 25.0. The van der Waals surface area contributed by atoms with Crippen LogP contribution in [0.3, 0.4) is 0 Å². The average Bonchev–Trinajstić information content (AvgIpc) is 3.81. The molecule has 0 aliphatic carbocycles. The number of hydrogen-bond acceptors (Lipinski definition) is 11. The highest BCUT2D eigenvalue weighted by Crippen LogP contribution is 2.32. The molecule has 0 saturated carbocycles. The maximum atomic E-state index is 10.4. The van der Waals surface area contributed by atoms with Crippen LogP contribution in [0.2, 0.25) is 5.02 Å². The van der Waals surface area contributed by atoms with Crippen LogP contribution in [0.5, 0.6) is 5.75 Å². The summed E-state index contributed by atoms with van der Waals surface area (Å²) < 4.78 is 49.3. The number of aryl methyl sites for hydroxylation is 2. The molecule has 3 unspecified atom stereocenters. The van der Waals surface area contributed by atoms with Crippen LogP contribution in [0.4, 0.5) is 17.2 Å². The minimum atomic E-state index is -1.84. The van der Waals surface area contributed by atoms with E-state index < -0.39 is 22.2 Å².